The fourth-order valence-electron chi connectivity index (χ4n) is 1.50. The third-order valence-corrected chi connectivity index (χ3v) is 2.52. The summed E-state index contributed by atoms with van der Waals surface area (Å²) >= 11 is 0. The van der Waals surface area contributed by atoms with Gasteiger partial charge in [0.25, 0.3) is 5.91 Å². The number of hydrogen-bond acceptors (Lipinski definition) is 3. The van der Waals surface area contributed by atoms with Gasteiger partial charge in [-0.25, -0.2) is 0 Å². The van der Waals surface area contributed by atoms with Gasteiger partial charge in [-0.1, -0.05) is 32.4 Å². The lowest BCUT2D eigenvalue weighted by atomic mass is 10.3. The Morgan fingerprint density at radius 2 is 1.79 bits per heavy atom. The summed E-state index contributed by atoms with van der Waals surface area (Å²) in [5, 5.41) is 2.81. The monoisotopic (exact) mass is 265 g/mol. The average molecular weight is 265 g/mol. The molecule has 0 saturated carbocycles. The highest BCUT2D eigenvalue weighted by Gasteiger charge is 2.06. The molecule has 4 nitrogen and oxygen atoms in total. The summed E-state index contributed by atoms with van der Waals surface area (Å²) in [6, 6.07) is 7.41. The first kappa shape index (κ1) is 15.3. The van der Waals surface area contributed by atoms with E-state index in [1.807, 2.05) is 31.2 Å². The van der Waals surface area contributed by atoms with E-state index in [4.69, 9.17) is 9.47 Å². The van der Waals surface area contributed by atoms with Crippen molar-refractivity contribution in [3.63, 3.8) is 0 Å². The summed E-state index contributed by atoms with van der Waals surface area (Å²) in [5.41, 5.74) is 0. The van der Waals surface area contributed by atoms with Gasteiger partial charge >= 0.3 is 0 Å². The quantitative estimate of drug-likeness (QED) is 0.698. The molecule has 0 bridgehead atoms. The molecule has 0 aromatic heterocycles. The van der Waals surface area contributed by atoms with Gasteiger partial charge in [-0.05, 0) is 25.0 Å². The Balaban J connectivity index is 2.41. The Bertz CT molecular complexity index is 379. The van der Waals surface area contributed by atoms with Crippen molar-refractivity contribution >= 4 is 5.91 Å². The number of amides is 1. The second-order valence-corrected chi connectivity index (χ2v) is 4.29. The molecule has 0 aliphatic heterocycles. The van der Waals surface area contributed by atoms with Crippen LogP contribution < -0.4 is 14.8 Å². The number of benzene rings is 1. The maximum absolute atomic E-state index is 11.5. The molecule has 19 heavy (non-hydrogen) atoms. The van der Waals surface area contributed by atoms with E-state index < -0.39 is 0 Å². The van der Waals surface area contributed by atoms with Crippen molar-refractivity contribution in [2.24, 2.45) is 0 Å². The van der Waals surface area contributed by atoms with E-state index in [0.717, 1.165) is 19.3 Å². The van der Waals surface area contributed by atoms with E-state index >= 15 is 0 Å². The molecule has 0 aliphatic carbocycles. The largest absolute Gasteiger partial charge is 0.490 e. The van der Waals surface area contributed by atoms with Gasteiger partial charge in [-0.3, -0.25) is 4.79 Å². The molecule has 1 N–H and O–H groups in total. The molecule has 0 unspecified atom stereocenters. The standard InChI is InChI=1S/C15H23NO3/c1-3-5-10-16-15(17)12-19-14-9-7-6-8-13(14)18-11-4-2/h6-9H,3-5,10-12H2,1-2H3,(H,16,17). The first-order chi connectivity index (χ1) is 9.27. The van der Waals surface area contributed by atoms with Crippen LogP contribution in [0.1, 0.15) is 33.1 Å². The fourth-order valence-corrected chi connectivity index (χ4v) is 1.50. The van der Waals surface area contributed by atoms with E-state index in [1.54, 1.807) is 0 Å². The minimum absolute atomic E-state index is 0.0240. The number of para-hydroxylation sites is 2. The SMILES string of the molecule is CCCCNC(=O)COc1ccccc1OCCC. The van der Waals surface area contributed by atoms with Crippen molar-refractivity contribution in [2.75, 3.05) is 19.8 Å². The van der Waals surface area contributed by atoms with E-state index in [-0.39, 0.29) is 12.5 Å². The molecular weight excluding hydrogens is 242 g/mol. The minimum atomic E-state index is -0.0984. The topological polar surface area (TPSA) is 47.6 Å². The van der Waals surface area contributed by atoms with Crippen LogP contribution in [0.25, 0.3) is 0 Å². The highest BCUT2D eigenvalue weighted by Crippen LogP contribution is 2.26. The van der Waals surface area contributed by atoms with E-state index in [0.29, 0.717) is 24.7 Å². The Morgan fingerprint density at radius 3 is 2.42 bits per heavy atom. The highest BCUT2D eigenvalue weighted by atomic mass is 16.5. The summed E-state index contributed by atoms with van der Waals surface area (Å²) in [5.74, 6) is 1.20. The predicted molar refractivity (Wildman–Crippen MR) is 75.6 cm³/mol. The van der Waals surface area contributed by atoms with Crippen molar-refractivity contribution in [1.29, 1.82) is 0 Å². The Kier molecular flexibility index (Phi) is 7.47. The average Bonchev–Trinajstić information content (AvgIpc) is 2.44. The van der Waals surface area contributed by atoms with Crippen molar-refractivity contribution in [3.8, 4) is 11.5 Å². The number of hydrogen-bond donors (Lipinski definition) is 1. The zero-order valence-electron chi connectivity index (χ0n) is 11.8. The first-order valence-corrected chi connectivity index (χ1v) is 6.89. The summed E-state index contributed by atoms with van der Waals surface area (Å²) in [6.07, 6.45) is 2.99. The van der Waals surface area contributed by atoms with Gasteiger partial charge in [0.2, 0.25) is 0 Å². The molecule has 0 atom stereocenters. The smallest absolute Gasteiger partial charge is 0.257 e. The number of rotatable bonds is 9. The first-order valence-electron chi connectivity index (χ1n) is 6.89. The third kappa shape index (κ3) is 6.13. The molecule has 0 saturated heterocycles. The molecule has 106 valence electrons. The molecule has 0 radical (unpaired) electrons. The third-order valence-electron chi connectivity index (χ3n) is 2.52. The molecule has 1 aromatic carbocycles. The van der Waals surface area contributed by atoms with Crippen LogP contribution in [0.4, 0.5) is 0 Å². The molecule has 1 amide bonds. The highest BCUT2D eigenvalue weighted by molar-refractivity contribution is 5.77. The lowest BCUT2D eigenvalue weighted by Gasteiger charge is -2.12. The number of carbonyl (C=O) groups is 1. The Morgan fingerprint density at radius 1 is 1.11 bits per heavy atom. The van der Waals surface area contributed by atoms with E-state index in [9.17, 15) is 4.79 Å². The molecule has 0 heterocycles. The summed E-state index contributed by atoms with van der Waals surface area (Å²) in [4.78, 5) is 11.5. The van der Waals surface area contributed by atoms with Crippen LogP contribution in [-0.4, -0.2) is 25.7 Å². The molecule has 0 spiro atoms. The second-order valence-electron chi connectivity index (χ2n) is 4.29. The van der Waals surface area contributed by atoms with Crippen molar-refractivity contribution in [2.45, 2.75) is 33.1 Å². The fraction of sp³-hybridized carbons (Fsp3) is 0.533. The predicted octanol–water partition coefficient (Wildman–Crippen LogP) is 2.77. The maximum Gasteiger partial charge on any atom is 0.257 e. The van der Waals surface area contributed by atoms with Gasteiger partial charge in [0.1, 0.15) is 0 Å². The number of carbonyl (C=O) groups excluding carboxylic acids is 1. The van der Waals surface area contributed by atoms with E-state index in [2.05, 4.69) is 12.2 Å². The van der Waals surface area contributed by atoms with Gasteiger partial charge in [0.05, 0.1) is 6.61 Å². The number of nitrogens with one attached hydrogen (secondary N) is 1. The van der Waals surface area contributed by atoms with Gasteiger partial charge in [0, 0.05) is 6.54 Å². The molecule has 1 rings (SSSR count). The van der Waals surface area contributed by atoms with Crippen molar-refractivity contribution in [1.82, 2.24) is 5.32 Å². The number of unbranched alkanes of at least 4 members (excludes halogenated alkanes) is 1. The van der Waals surface area contributed by atoms with Crippen molar-refractivity contribution in [3.05, 3.63) is 24.3 Å². The molecule has 4 heteroatoms. The normalized spacial score (nSPS) is 10.0. The van der Waals surface area contributed by atoms with Crippen LogP contribution in [0.2, 0.25) is 0 Å². The van der Waals surface area contributed by atoms with E-state index in [1.165, 1.54) is 0 Å². The van der Waals surface area contributed by atoms with Gasteiger partial charge in [0.15, 0.2) is 18.1 Å². The Hall–Kier alpha value is -1.71. The molecule has 0 fully saturated rings. The van der Waals surface area contributed by atoms with Crippen LogP contribution in [0.15, 0.2) is 24.3 Å². The number of ether oxygens (including phenoxy) is 2. The summed E-state index contributed by atoms with van der Waals surface area (Å²) in [6.45, 7) is 5.50. The summed E-state index contributed by atoms with van der Waals surface area (Å²) < 4.78 is 11.1. The van der Waals surface area contributed by atoms with Crippen LogP contribution in [0, 0.1) is 0 Å². The van der Waals surface area contributed by atoms with Crippen LogP contribution >= 0.6 is 0 Å². The molecule has 1 aromatic rings. The zero-order valence-corrected chi connectivity index (χ0v) is 11.8. The van der Waals surface area contributed by atoms with Gasteiger partial charge in [-0.2, -0.15) is 0 Å². The van der Waals surface area contributed by atoms with Gasteiger partial charge in [-0.15, -0.1) is 0 Å². The Labute approximate surface area is 115 Å². The summed E-state index contributed by atoms with van der Waals surface area (Å²) in [7, 11) is 0. The minimum Gasteiger partial charge on any atom is -0.490 e. The maximum atomic E-state index is 11.5. The van der Waals surface area contributed by atoms with Crippen molar-refractivity contribution < 1.29 is 14.3 Å². The zero-order chi connectivity index (χ0) is 13.9. The lowest BCUT2D eigenvalue weighted by Crippen LogP contribution is -2.29. The molecular formula is C15H23NO3. The van der Waals surface area contributed by atoms with Crippen LogP contribution in [0.5, 0.6) is 11.5 Å². The van der Waals surface area contributed by atoms with Gasteiger partial charge < -0.3 is 14.8 Å². The second kappa shape index (κ2) is 9.25. The molecule has 0 aliphatic rings. The lowest BCUT2D eigenvalue weighted by molar-refractivity contribution is -0.123. The van der Waals surface area contributed by atoms with Crippen LogP contribution in [-0.2, 0) is 4.79 Å². The van der Waals surface area contributed by atoms with Crippen LogP contribution in [0.3, 0.4) is 0 Å².